The van der Waals surface area contributed by atoms with Crippen LogP contribution < -0.4 is 10.9 Å². The number of nitrogens with one attached hydrogen (secondary N) is 2. The van der Waals surface area contributed by atoms with Crippen LogP contribution in [0.3, 0.4) is 0 Å². The van der Waals surface area contributed by atoms with Crippen molar-refractivity contribution in [1.29, 1.82) is 0 Å². The second-order valence-corrected chi connectivity index (χ2v) is 9.36. The summed E-state index contributed by atoms with van der Waals surface area (Å²) in [5, 5.41) is 4.03. The van der Waals surface area contributed by atoms with Gasteiger partial charge in [0.15, 0.2) is 5.16 Å². The quantitative estimate of drug-likeness (QED) is 0.647. The van der Waals surface area contributed by atoms with Crippen LogP contribution in [0.4, 0.5) is 0 Å². The molecule has 0 bridgehead atoms. The van der Waals surface area contributed by atoms with Gasteiger partial charge in [0, 0.05) is 10.9 Å². The third kappa shape index (κ3) is 3.11. The summed E-state index contributed by atoms with van der Waals surface area (Å²) in [5.74, 6) is 0.689. The number of hydrogen-bond acceptors (Lipinski definition) is 5. The normalized spacial score (nSPS) is 21.5. The van der Waals surface area contributed by atoms with E-state index in [9.17, 15) is 9.59 Å². The van der Waals surface area contributed by atoms with Crippen LogP contribution in [0.1, 0.15) is 43.6 Å². The second kappa shape index (κ2) is 6.19. The molecule has 24 heavy (non-hydrogen) atoms. The number of amides is 1. The van der Waals surface area contributed by atoms with Crippen molar-refractivity contribution in [2.24, 2.45) is 5.92 Å². The number of hydrogen-bond donors (Lipinski definition) is 2. The number of carbonyl (C=O) groups is 1. The molecule has 0 aliphatic heterocycles. The Balaban J connectivity index is 1.60. The highest BCUT2D eigenvalue weighted by Gasteiger charge is 2.27. The molecule has 0 saturated heterocycles. The fourth-order valence-corrected chi connectivity index (χ4v) is 5.40. The summed E-state index contributed by atoms with van der Waals surface area (Å²) in [7, 11) is 0. The van der Waals surface area contributed by atoms with Gasteiger partial charge in [-0.1, -0.05) is 18.7 Å². The van der Waals surface area contributed by atoms with E-state index in [1.165, 1.54) is 22.2 Å². The van der Waals surface area contributed by atoms with E-state index >= 15 is 0 Å². The van der Waals surface area contributed by atoms with E-state index in [0.717, 1.165) is 42.3 Å². The minimum Gasteiger partial charge on any atom is -0.352 e. The zero-order chi connectivity index (χ0) is 16.8. The lowest BCUT2D eigenvalue weighted by molar-refractivity contribution is -0.120. The number of thioether (sulfide) groups is 1. The summed E-state index contributed by atoms with van der Waals surface area (Å²) in [5.41, 5.74) is 1.13. The molecule has 1 saturated carbocycles. The van der Waals surface area contributed by atoms with E-state index in [1.54, 1.807) is 11.3 Å². The summed E-state index contributed by atoms with van der Waals surface area (Å²) in [4.78, 5) is 34.3. The number of aromatic nitrogens is 2. The molecule has 0 aromatic carbocycles. The van der Waals surface area contributed by atoms with Gasteiger partial charge in [-0.25, -0.2) is 4.98 Å². The number of aromatic amines is 1. The molecule has 2 atom stereocenters. The van der Waals surface area contributed by atoms with Crippen LogP contribution in [0.25, 0.3) is 10.2 Å². The van der Waals surface area contributed by atoms with Gasteiger partial charge >= 0.3 is 0 Å². The number of carbonyl (C=O) groups excluding carboxylic acids is 1. The average molecular weight is 364 g/mol. The molecule has 0 unspecified atom stereocenters. The van der Waals surface area contributed by atoms with Crippen LogP contribution in [0.15, 0.2) is 9.95 Å². The van der Waals surface area contributed by atoms with Crippen molar-refractivity contribution in [2.75, 3.05) is 0 Å². The van der Waals surface area contributed by atoms with Gasteiger partial charge < -0.3 is 10.3 Å². The summed E-state index contributed by atoms with van der Waals surface area (Å²) in [6.45, 7) is 4.11. The third-order valence-corrected chi connectivity index (χ3v) is 6.86. The fraction of sp³-hybridized carbons (Fsp3) is 0.588. The molecule has 7 heteroatoms. The Morgan fingerprint density at radius 3 is 2.96 bits per heavy atom. The van der Waals surface area contributed by atoms with E-state index in [0.29, 0.717) is 17.1 Å². The van der Waals surface area contributed by atoms with Gasteiger partial charge in [-0.05, 0) is 50.5 Å². The maximum absolute atomic E-state index is 12.6. The molecule has 128 valence electrons. The minimum absolute atomic E-state index is 0.0181. The molecule has 0 radical (unpaired) electrons. The number of thiophene rings is 1. The van der Waals surface area contributed by atoms with E-state index in [-0.39, 0.29) is 16.7 Å². The van der Waals surface area contributed by atoms with Gasteiger partial charge in [-0.2, -0.15) is 0 Å². The predicted octanol–water partition coefficient (Wildman–Crippen LogP) is 2.87. The van der Waals surface area contributed by atoms with Crippen LogP contribution in [0.2, 0.25) is 0 Å². The van der Waals surface area contributed by atoms with Crippen molar-refractivity contribution in [1.82, 2.24) is 15.3 Å². The first-order valence-electron chi connectivity index (χ1n) is 8.53. The highest BCUT2D eigenvalue weighted by atomic mass is 32.2. The average Bonchev–Trinajstić information content (AvgIpc) is 3.25. The Kier molecular flexibility index (Phi) is 4.16. The van der Waals surface area contributed by atoms with Gasteiger partial charge in [0.2, 0.25) is 5.91 Å². The lowest BCUT2D eigenvalue weighted by atomic mass is 9.89. The second-order valence-electron chi connectivity index (χ2n) is 6.95. The number of nitrogens with zero attached hydrogens (tertiary/aromatic N) is 1. The van der Waals surface area contributed by atoms with Crippen LogP contribution in [0.5, 0.6) is 0 Å². The maximum Gasteiger partial charge on any atom is 0.260 e. The third-order valence-electron chi connectivity index (χ3n) is 4.73. The van der Waals surface area contributed by atoms with Crippen LogP contribution in [0, 0.1) is 5.92 Å². The Hall–Kier alpha value is -1.34. The molecule has 2 aromatic heterocycles. The highest BCUT2D eigenvalue weighted by Crippen LogP contribution is 2.36. The predicted molar refractivity (Wildman–Crippen MR) is 97.9 cm³/mol. The monoisotopic (exact) mass is 363 g/mol. The molecule has 1 fully saturated rings. The van der Waals surface area contributed by atoms with Crippen molar-refractivity contribution in [3.8, 4) is 0 Å². The van der Waals surface area contributed by atoms with Crippen molar-refractivity contribution < 1.29 is 4.79 Å². The Morgan fingerprint density at radius 1 is 1.42 bits per heavy atom. The lowest BCUT2D eigenvalue weighted by Crippen LogP contribution is -2.32. The molecule has 2 aliphatic rings. The van der Waals surface area contributed by atoms with Crippen LogP contribution >= 0.6 is 23.1 Å². The summed E-state index contributed by atoms with van der Waals surface area (Å²) >= 11 is 2.97. The summed E-state index contributed by atoms with van der Waals surface area (Å²) in [6, 6.07) is 0.348. The van der Waals surface area contributed by atoms with Crippen LogP contribution in [-0.2, 0) is 17.6 Å². The summed E-state index contributed by atoms with van der Waals surface area (Å²) < 4.78 is 0. The van der Waals surface area contributed by atoms with Crippen LogP contribution in [-0.4, -0.2) is 27.2 Å². The van der Waals surface area contributed by atoms with E-state index in [2.05, 4.69) is 22.2 Å². The first kappa shape index (κ1) is 16.1. The van der Waals surface area contributed by atoms with Gasteiger partial charge in [-0.3, -0.25) is 9.59 Å². The van der Waals surface area contributed by atoms with Crippen molar-refractivity contribution in [3.63, 3.8) is 0 Å². The molecule has 2 aromatic rings. The standard InChI is InChI=1S/C17H21N3O2S2/c1-8-3-6-11-12(7-8)24-16-13(11)15(22)19-17(20-16)23-9(2)14(21)18-10-4-5-10/h8-10H,3-7H2,1-2H3,(H,18,21)(H,19,20,22)/t8-,9-/m1/s1. The van der Waals surface area contributed by atoms with E-state index in [4.69, 9.17) is 0 Å². The van der Waals surface area contributed by atoms with Gasteiger partial charge in [0.05, 0.1) is 10.6 Å². The number of rotatable bonds is 4. The Morgan fingerprint density at radius 2 is 2.21 bits per heavy atom. The maximum atomic E-state index is 12.6. The smallest absolute Gasteiger partial charge is 0.260 e. The zero-order valence-corrected chi connectivity index (χ0v) is 15.5. The number of aryl methyl sites for hydroxylation is 1. The van der Waals surface area contributed by atoms with Gasteiger partial charge in [-0.15, -0.1) is 11.3 Å². The Bertz CT molecular complexity index is 853. The topological polar surface area (TPSA) is 74.8 Å². The largest absolute Gasteiger partial charge is 0.352 e. The number of H-pyrrole nitrogens is 1. The molecule has 5 nitrogen and oxygen atoms in total. The first-order chi connectivity index (χ1) is 11.5. The molecule has 1 amide bonds. The molecular formula is C17H21N3O2S2. The molecule has 2 aliphatic carbocycles. The SMILES string of the molecule is C[C@@H]1CCc2c(sc3nc(S[C@H](C)C(=O)NC4CC4)[nH]c(=O)c23)C1. The van der Waals surface area contributed by atoms with E-state index < -0.39 is 0 Å². The minimum atomic E-state index is -0.263. The first-order valence-corrected chi connectivity index (χ1v) is 10.2. The fourth-order valence-electron chi connectivity index (χ4n) is 3.15. The van der Waals surface area contributed by atoms with Crippen molar-refractivity contribution in [2.45, 2.75) is 62.4 Å². The highest BCUT2D eigenvalue weighted by molar-refractivity contribution is 8.00. The molecule has 0 spiro atoms. The van der Waals surface area contributed by atoms with Gasteiger partial charge in [0.25, 0.3) is 5.56 Å². The number of fused-ring (bicyclic) bond motifs is 3. The zero-order valence-electron chi connectivity index (χ0n) is 13.8. The molecular weight excluding hydrogens is 342 g/mol. The van der Waals surface area contributed by atoms with Crippen molar-refractivity contribution >= 4 is 39.2 Å². The molecule has 2 N–H and O–H groups in total. The van der Waals surface area contributed by atoms with E-state index in [1.807, 2.05) is 6.92 Å². The van der Waals surface area contributed by atoms with Crippen molar-refractivity contribution in [3.05, 3.63) is 20.8 Å². The molecule has 4 rings (SSSR count). The van der Waals surface area contributed by atoms with Gasteiger partial charge in [0.1, 0.15) is 4.83 Å². The summed E-state index contributed by atoms with van der Waals surface area (Å²) in [6.07, 6.45) is 5.28. The molecule has 2 heterocycles. The Labute approximate surface area is 148 Å². The lowest BCUT2D eigenvalue weighted by Gasteiger charge is -2.17.